The van der Waals surface area contributed by atoms with Crippen molar-refractivity contribution in [2.75, 3.05) is 26.2 Å². The molecule has 5 rings (SSSR count). The Morgan fingerprint density at radius 3 is 2.78 bits per heavy atom. The monoisotopic (exact) mass is 489 g/mol. The molecule has 190 valence electrons. The Hall–Kier alpha value is -3.32. The van der Waals surface area contributed by atoms with Crippen molar-refractivity contribution >= 4 is 22.7 Å². The maximum absolute atomic E-state index is 14.2. The van der Waals surface area contributed by atoms with E-state index < -0.39 is 5.41 Å². The molecule has 1 unspecified atom stereocenters. The van der Waals surface area contributed by atoms with Crippen molar-refractivity contribution in [1.29, 1.82) is 0 Å². The predicted octanol–water partition coefficient (Wildman–Crippen LogP) is 4.34. The number of amides is 2. The highest BCUT2D eigenvalue weighted by Crippen LogP contribution is 2.55. The highest BCUT2D eigenvalue weighted by atomic mass is 16.5. The summed E-state index contributed by atoms with van der Waals surface area (Å²) in [4.78, 5) is 32.5. The molecule has 1 aliphatic heterocycles. The number of aromatic hydroxyl groups is 1. The molecule has 1 fully saturated rings. The topological polar surface area (TPSA) is 94.7 Å². The summed E-state index contributed by atoms with van der Waals surface area (Å²) >= 11 is 0. The van der Waals surface area contributed by atoms with Crippen LogP contribution in [-0.2, 0) is 16.0 Å². The van der Waals surface area contributed by atoms with Gasteiger partial charge in [-0.1, -0.05) is 26.0 Å². The zero-order valence-corrected chi connectivity index (χ0v) is 21.3. The average molecular weight is 490 g/mol. The van der Waals surface area contributed by atoms with Crippen molar-refractivity contribution in [2.24, 2.45) is 11.3 Å². The first-order chi connectivity index (χ1) is 17.4. The average Bonchev–Trinajstić information content (AvgIpc) is 3.17. The van der Waals surface area contributed by atoms with Crippen LogP contribution < -0.4 is 10.1 Å². The Balaban J connectivity index is 1.68. The molecule has 1 aromatic heterocycles. The smallest absolute Gasteiger partial charge is 0.235 e. The van der Waals surface area contributed by atoms with Crippen LogP contribution in [-0.4, -0.2) is 53.0 Å². The van der Waals surface area contributed by atoms with E-state index in [1.807, 2.05) is 51.1 Å². The van der Waals surface area contributed by atoms with Gasteiger partial charge in [-0.3, -0.25) is 14.5 Å². The number of likely N-dealkylation sites (N-methyl/N-ethyl adjacent to an activating group) is 1. The second-order valence-corrected chi connectivity index (χ2v) is 10.2. The normalized spacial score (nSPS) is 23.9. The zero-order valence-electron chi connectivity index (χ0n) is 21.3. The minimum atomic E-state index is -0.766. The summed E-state index contributed by atoms with van der Waals surface area (Å²) in [5.41, 5.74) is 3.34. The number of nitrogens with zero attached hydrogens (tertiary/aromatic N) is 1. The van der Waals surface area contributed by atoms with E-state index >= 15 is 0 Å². The lowest BCUT2D eigenvalue weighted by Crippen LogP contribution is -2.51. The number of phenolic OH excluding ortho intramolecular Hbond substituents is 1. The van der Waals surface area contributed by atoms with E-state index in [-0.39, 0.29) is 29.4 Å². The zero-order chi connectivity index (χ0) is 25.4. The molecule has 36 heavy (non-hydrogen) atoms. The molecule has 3 aromatic rings. The summed E-state index contributed by atoms with van der Waals surface area (Å²) in [5.74, 6) is 0.544. The lowest BCUT2D eigenvalue weighted by Gasteiger charge is -2.45. The summed E-state index contributed by atoms with van der Waals surface area (Å²) in [5, 5.41) is 14.6. The number of ether oxygens (including phenoxy) is 1. The molecule has 3 N–H and O–H groups in total. The number of phenols is 1. The number of fused-ring (bicyclic) bond motifs is 4. The first kappa shape index (κ1) is 24.4. The van der Waals surface area contributed by atoms with Gasteiger partial charge in [-0.05, 0) is 73.7 Å². The molecular weight excluding hydrogens is 454 g/mol. The van der Waals surface area contributed by atoms with Gasteiger partial charge < -0.3 is 20.1 Å². The minimum absolute atomic E-state index is 0.0909. The molecule has 2 aliphatic rings. The van der Waals surface area contributed by atoms with Crippen LogP contribution >= 0.6 is 0 Å². The fourth-order valence-corrected chi connectivity index (χ4v) is 6.29. The number of carbonyl (C=O) groups is 2. The molecule has 2 aromatic carbocycles. The van der Waals surface area contributed by atoms with Crippen molar-refractivity contribution in [2.45, 2.75) is 46.0 Å². The molecule has 2 heterocycles. The number of hydrogen-bond donors (Lipinski definition) is 3. The number of likely N-dealkylation sites (tertiary alicyclic amines) is 1. The lowest BCUT2D eigenvalue weighted by atomic mass is 9.59. The van der Waals surface area contributed by atoms with Crippen molar-refractivity contribution in [3.63, 3.8) is 0 Å². The fourth-order valence-electron chi connectivity index (χ4n) is 6.29. The van der Waals surface area contributed by atoms with Gasteiger partial charge in [0.15, 0.2) is 0 Å². The van der Waals surface area contributed by atoms with Gasteiger partial charge >= 0.3 is 0 Å². The first-order valence-corrected chi connectivity index (χ1v) is 13.0. The highest BCUT2D eigenvalue weighted by Gasteiger charge is 2.54. The Bertz CT molecular complexity index is 1300. The summed E-state index contributed by atoms with van der Waals surface area (Å²) in [7, 11) is 0. The summed E-state index contributed by atoms with van der Waals surface area (Å²) in [6, 6.07) is 13.4. The lowest BCUT2D eigenvalue weighted by molar-refractivity contribution is -0.151. The van der Waals surface area contributed by atoms with Crippen LogP contribution in [0.5, 0.6) is 11.5 Å². The van der Waals surface area contributed by atoms with Gasteiger partial charge in [-0.25, -0.2) is 0 Å². The van der Waals surface area contributed by atoms with Gasteiger partial charge in [0.05, 0.1) is 12.0 Å². The Morgan fingerprint density at radius 2 is 2.03 bits per heavy atom. The second-order valence-electron chi connectivity index (χ2n) is 10.2. The number of hydrogen-bond acceptors (Lipinski definition) is 5. The Morgan fingerprint density at radius 1 is 1.19 bits per heavy atom. The third-order valence-electron chi connectivity index (χ3n) is 7.99. The standard InChI is InChI=1S/C29H35N3O4/c1-4-30-13-14-32-25(34)12-10-23-26(18-7-6-8-19(33)15-18)27-22(17-29(23,3)28(32)35)21-16-20(36-5-2)9-11-24(21)31-27/h6-9,11,15-16,23,26,30-31,33H,4-5,10,12-14,17H2,1-3H3/t23?,26-,29+/m0/s1. The molecule has 1 saturated heterocycles. The number of aromatic amines is 1. The van der Waals surface area contributed by atoms with Gasteiger partial charge in [0.2, 0.25) is 11.8 Å². The van der Waals surface area contributed by atoms with Crippen molar-refractivity contribution in [3.05, 3.63) is 59.3 Å². The molecule has 0 bridgehead atoms. The van der Waals surface area contributed by atoms with E-state index in [9.17, 15) is 14.7 Å². The van der Waals surface area contributed by atoms with E-state index in [1.165, 1.54) is 4.90 Å². The highest BCUT2D eigenvalue weighted by molar-refractivity contribution is 6.00. The van der Waals surface area contributed by atoms with Crippen LogP contribution in [0.25, 0.3) is 10.9 Å². The van der Waals surface area contributed by atoms with E-state index in [0.717, 1.165) is 40.0 Å². The molecule has 7 nitrogen and oxygen atoms in total. The maximum Gasteiger partial charge on any atom is 0.235 e. The van der Waals surface area contributed by atoms with Crippen LogP contribution in [0.4, 0.5) is 0 Å². The maximum atomic E-state index is 14.2. The van der Waals surface area contributed by atoms with Gasteiger partial charge in [-0.2, -0.15) is 0 Å². The summed E-state index contributed by atoms with van der Waals surface area (Å²) in [6.07, 6.45) is 1.48. The number of carbonyl (C=O) groups excluding carboxylic acids is 2. The van der Waals surface area contributed by atoms with Gasteiger partial charge in [0.1, 0.15) is 11.5 Å². The quantitative estimate of drug-likeness (QED) is 0.339. The summed E-state index contributed by atoms with van der Waals surface area (Å²) in [6.45, 7) is 8.33. The van der Waals surface area contributed by atoms with E-state index in [0.29, 0.717) is 39.0 Å². The van der Waals surface area contributed by atoms with E-state index in [4.69, 9.17) is 4.74 Å². The van der Waals surface area contributed by atoms with Gasteiger partial charge in [-0.15, -0.1) is 0 Å². The third kappa shape index (κ3) is 4.05. The molecule has 2 amide bonds. The fraction of sp³-hybridized carbons (Fsp3) is 0.448. The van der Waals surface area contributed by atoms with E-state index in [2.05, 4.69) is 10.3 Å². The van der Waals surface area contributed by atoms with Crippen LogP contribution in [0.3, 0.4) is 0 Å². The van der Waals surface area contributed by atoms with E-state index in [1.54, 1.807) is 12.1 Å². The van der Waals surface area contributed by atoms with Crippen LogP contribution in [0.1, 0.15) is 56.4 Å². The molecule has 3 atom stereocenters. The SMILES string of the molecule is CCNCCN1C(=O)CCC2[C@H](c3cccc(O)c3)c3[nH]c4ccc(OCC)cc4c3C[C@@]2(C)C1=O. The predicted molar refractivity (Wildman–Crippen MR) is 139 cm³/mol. The van der Waals surface area contributed by atoms with Crippen molar-refractivity contribution < 1.29 is 19.4 Å². The van der Waals surface area contributed by atoms with Crippen molar-refractivity contribution in [1.82, 2.24) is 15.2 Å². The number of aromatic nitrogens is 1. The molecule has 0 spiro atoms. The van der Waals surface area contributed by atoms with Gasteiger partial charge in [0, 0.05) is 42.0 Å². The number of benzene rings is 2. The number of nitrogens with one attached hydrogen (secondary N) is 2. The number of H-pyrrole nitrogens is 1. The number of imide groups is 1. The molecule has 1 aliphatic carbocycles. The first-order valence-electron chi connectivity index (χ1n) is 13.0. The third-order valence-corrected chi connectivity index (χ3v) is 7.99. The Kier molecular flexibility index (Phi) is 6.51. The van der Waals surface area contributed by atoms with Crippen LogP contribution in [0, 0.1) is 11.3 Å². The number of rotatable bonds is 7. The minimum Gasteiger partial charge on any atom is -0.508 e. The molecule has 7 heteroatoms. The van der Waals surface area contributed by atoms with Crippen molar-refractivity contribution in [3.8, 4) is 11.5 Å². The second kappa shape index (κ2) is 9.62. The molecular formula is C29H35N3O4. The van der Waals surface area contributed by atoms with Gasteiger partial charge in [0.25, 0.3) is 0 Å². The Labute approximate surface area is 211 Å². The summed E-state index contributed by atoms with van der Waals surface area (Å²) < 4.78 is 5.79. The molecule has 0 radical (unpaired) electrons. The van der Waals surface area contributed by atoms with Crippen LogP contribution in [0.15, 0.2) is 42.5 Å². The molecule has 0 saturated carbocycles. The largest absolute Gasteiger partial charge is 0.508 e. The van der Waals surface area contributed by atoms with Crippen LogP contribution in [0.2, 0.25) is 0 Å².